The zero-order chi connectivity index (χ0) is 24.0. The molecule has 0 aliphatic carbocycles. The van der Waals surface area contributed by atoms with Crippen molar-refractivity contribution in [3.8, 4) is 11.4 Å². The fraction of sp³-hybridized carbons (Fsp3) is 0.440. The van der Waals surface area contributed by atoms with Gasteiger partial charge in [0.2, 0.25) is 0 Å². The molecule has 1 aliphatic heterocycles. The second kappa shape index (κ2) is 8.82. The number of nitrogens with zero attached hydrogens (tertiary/aromatic N) is 3. The maximum atomic E-state index is 13.3. The van der Waals surface area contributed by atoms with Crippen LogP contribution in [-0.2, 0) is 0 Å². The smallest absolute Gasteiger partial charge is 0.265 e. The molecule has 1 amide bonds. The van der Waals surface area contributed by atoms with Crippen LogP contribution in [-0.4, -0.2) is 38.2 Å². The standard InChI is InChI=1S/C25H30Cl2N4O2/c1-6-33-22-12-16(23(32)29-31-24(2,3)10-7-11-25(31,4)5)8-9-20(22)30-15-28-19-13-17(26)18(27)14-21(19)30/h8-9,12-15H,6-7,10-11H2,1-5H3,(H,29,32). The Morgan fingerprint density at radius 2 is 1.76 bits per heavy atom. The number of hydrazine groups is 1. The summed E-state index contributed by atoms with van der Waals surface area (Å²) in [7, 11) is 0. The highest BCUT2D eigenvalue weighted by Gasteiger charge is 2.42. The molecule has 8 heteroatoms. The summed E-state index contributed by atoms with van der Waals surface area (Å²) in [5.41, 5.74) is 5.75. The number of amides is 1. The Morgan fingerprint density at radius 1 is 1.09 bits per heavy atom. The predicted octanol–water partition coefficient (Wildman–Crippen LogP) is 6.42. The average molecular weight is 489 g/mol. The molecule has 0 bridgehead atoms. The van der Waals surface area contributed by atoms with Gasteiger partial charge in [0.05, 0.1) is 33.4 Å². The Balaban J connectivity index is 1.69. The third kappa shape index (κ3) is 4.57. The third-order valence-electron chi connectivity index (χ3n) is 6.37. The van der Waals surface area contributed by atoms with E-state index in [9.17, 15) is 4.79 Å². The number of piperidine rings is 1. The lowest BCUT2D eigenvalue weighted by atomic mass is 9.81. The lowest BCUT2D eigenvalue weighted by Gasteiger charge is -2.52. The molecule has 0 atom stereocenters. The Kier molecular flexibility index (Phi) is 6.38. The average Bonchev–Trinajstić information content (AvgIpc) is 3.13. The highest BCUT2D eigenvalue weighted by Crippen LogP contribution is 2.37. The van der Waals surface area contributed by atoms with Crippen LogP contribution in [0.15, 0.2) is 36.7 Å². The molecule has 176 valence electrons. The third-order valence-corrected chi connectivity index (χ3v) is 7.09. The quantitative estimate of drug-likeness (QED) is 0.450. The summed E-state index contributed by atoms with van der Waals surface area (Å²) < 4.78 is 7.82. The van der Waals surface area contributed by atoms with Crippen molar-refractivity contribution in [2.45, 2.75) is 65.0 Å². The van der Waals surface area contributed by atoms with Gasteiger partial charge in [0.1, 0.15) is 12.1 Å². The van der Waals surface area contributed by atoms with Gasteiger partial charge in [-0.3, -0.25) is 14.8 Å². The second-order valence-corrected chi connectivity index (χ2v) is 10.6. The maximum Gasteiger partial charge on any atom is 0.265 e. The lowest BCUT2D eigenvalue weighted by Crippen LogP contribution is -2.65. The minimum absolute atomic E-state index is 0.129. The molecule has 6 nitrogen and oxygen atoms in total. The number of halogens is 2. The molecule has 33 heavy (non-hydrogen) atoms. The van der Waals surface area contributed by atoms with Gasteiger partial charge in [-0.05, 0) is 84.2 Å². The van der Waals surface area contributed by atoms with Gasteiger partial charge in [0, 0.05) is 16.6 Å². The number of ether oxygens (including phenoxy) is 1. The molecule has 1 aliphatic rings. The van der Waals surface area contributed by atoms with Crippen LogP contribution in [0.25, 0.3) is 16.7 Å². The second-order valence-electron chi connectivity index (χ2n) is 9.74. The summed E-state index contributed by atoms with van der Waals surface area (Å²) in [5.74, 6) is 0.434. The van der Waals surface area contributed by atoms with E-state index in [-0.39, 0.29) is 17.0 Å². The zero-order valence-corrected chi connectivity index (χ0v) is 21.2. The molecule has 0 radical (unpaired) electrons. The number of imidazole rings is 1. The Hall–Kier alpha value is -2.28. The number of aromatic nitrogens is 2. The van der Waals surface area contributed by atoms with Crippen molar-refractivity contribution in [3.63, 3.8) is 0 Å². The summed E-state index contributed by atoms with van der Waals surface area (Å²) in [5, 5.41) is 3.01. The minimum atomic E-state index is -0.157. The van der Waals surface area contributed by atoms with Crippen molar-refractivity contribution in [2.24, 2.45) is 0 Å². The van der Waals surface area contributed by atoms with Gasteiger partial charge >= 0.3 is 0 Å². The van der Waals surface area contributed by atoms with Gasteiger partial charge in [-0.1, -0.05) is 23.2 Å². The Labute approximate surface area is 204 Å². The van der Waals surface area contributed by atoms with E-state index in [1.165, 1.54) is 0 Å². The van der Waals surface area contributed by atoms with E-state index in [0.717, 1.165) is 36.0 Å². The fourth-order valence-electron chi connectivity index (χ4n) is 4.79. The number of benzene rings is 2. The lowest BCUT2D eigenvalue weighted by molar-refractivity contribution is -0.0612. The van der Waals surface area contributed by atoms with E-state index in [2.05, 4.69) is 43.1 Å². The van der Waals surface area contributed by atoms with E-state index < -0.39 is 0 Å². The molecule has 1 aromatic heterocycles. The first kappa shape index (κ1) is 23.9. The molecule has 1 fully saturated rings. The van der Waals surface area contributed by atoms with Gasteiger partial charge < -0.3 is 4.74 Å². The first-order valence-electron chi connectivity index (χ1n) is 11.2. The Bertz CT molecular complexity index is 1190. The first-order chi connectivity index (χ1) is 15.5. The van der Waals surface area contributed by atoms with Gasteiger partial charge in [-0.2, -0.15) is 0 Å². The van der Waals surface area contributed by atoms with Crippen molar-refractivity contribution < 1.29 is 9.53 Å². The van der Waals surface area contributed by atoms with Crippen LogP contribution in [0, 0.1) is 0 Å². The highest BCUT2D eigenvalue weighted by atomic mass is 35.5. The SMILES string of the molecule is CCOc1cc(C(=O)NN2C(C)(C)CCCC2(C)C)ccc1-n1cnc2cc(Cl)c(Cl)cc21. The van der Waals surface area contributed by atoms with Crippen LogP contribution in [0.3, 0.4) is 0 Å². The maximum absolute atomic E-state index is 13.3. The van der Waals surface area contributed by atoms with E-state index in [4.69, 9.17) is 27.9 Å². The van der Waals surface area contributed by atoms with Crippen LogP contribution >= 0.6 is 23.2 Å². The largest absolute Gasteiger partial charge is 0.492 e. The summed E-state index contributed by atoms with van der Waals surface area (Å²) in [4.78, 5) is 17.7. The molecule has 1 saturated heterocycles. The molecule has 1 N–H and O–H groups in total. The van der Waals surface area contributed by atoms with Gasteiger partial charge in [0.15, 0.2) is 0 Å². The number of nitrogens with one attached hydrogen (secondary N) is 1. The topological polar surface area (TPSA) is 59.4 Å². The van der Waals surface area contributed by atoms with Crippen molar-refractivity contribution >= 4 is 40.1 Å². The van der Waals surface area contributed by atoms with E-state index in [1.807, 2.05) is 17.6 Å². The van der Waals surface area contributed by atoms with Crippen molar-refractivity contribution in [1.29, 1.82) is 0 Å². The molecule has 0 spiro atoms. The molecule has 2 aromatic carbocycles. The molecular formula is C25H30Cl2N4O2. The monoisotopic (exact) mass is 488 g/mol. The van der Waals surface area contributed by atoms with Crippen molar-refractivity contribution in [3.05, 3.63) is 52.3 Å². The van der Waals surface area contributed by atoms with Crippen LogP contribution in [0.1, 0.15) is 64.2 Å². The van der Waals surface area contributed by atoms with E-state index >= 15 is 0 Å². The molecular weight excluding hydrogens is 459 g/mol. The molecule has 0 saturated carbocycles. The number of carbonyl (C=O) groups is 1. The molecule has 0 unspecified atom stereocenters. The molecule has 2 heterocycles. The van der Waals surface area contributed by atoms with Crippen LogP contribution in [0.5, 0.6) is 5.75 Å². The molecule has 4 rings (SSSR count). The van der Waals surface area contributed by atoms with Gasteiger partial charge in [-0.15, -0.1) is 0 Å². The zero-order valence-electron chi connectivity index (χ0n) is 19.7. The van der Waals surface area contributed by atoms with Crippen LogP contribution < -0.4 is 10.2 Å². The van der Waals surface area contributed by atoms with Crippen molar-refractivity contribution in [2.75, 3.05) is 6.61 Å². The number of hydrogen-bond donors (Lipinski definition) is 1. The fourth-order valence-corrected chi connectivity index (χ4v) is 5.10. The Morgan fingerprint density at radius 3 is 2.42 bits per heavy atom. The normalized spacial score (nSPS) is 17.8. The van der Waals surface area contributed by atoms with Gasteiger partial charge in [0.25, 0.3) is 5.91 Å². The summed E-state index contributed by atoms with van der Waals surface area (Å²) in [6.07, 6.45) is 4.90. The number of fused-ring (bicyclic) bond motifs is 1. The minimum Gasteiger partial charge on any atom is -0.492 e. The molecule has 3 aromatic rings. The number of hydrogen-bond acceptors (Lipinski definition) is 4. The van der Waals surface area contributed by atoms with Gasteiger partial charge in [-0.25, -0.2) is 9.99 Å². The summed E-state index contributed by atoms with van der Waals surface area (Å²) in [6, 6.07) is 8.97. The predicted molar refractivity (Wildman–Crippen MR) is 134 cm³/mol. The summed E-state index contributed by atoms with van der Waals surface area (Å²) >= 11 is 12.4. The summed E-state index contributed by atoms with van der Waals surface area (Å²) in [6.45, 7) is 11.1. The first-order valence-corrected chi connectivity index (χ1v) is 12.0. The van der Waals surface area contributed by atoms with E-state index in [0.29, 0.717) is 28.0 Å². The number of carbonyl (C=O) groups excluding carboxylic acids is 1. The highest BCUT2D eigenvalue weighted by molar-refractivity contribution is 6.42. The van der Waals surface area contributed by atoms with Crippen LogP contribution in [0.4, 0.5) is 0 Å². The van der Waals surface area contributed by atoms with Crippen LogP contribution in [0.2, 0.25) is 10.0 Å². The number of rotatable bonds is 5. The van der Waals surface area contributed by atoms with Crippen molar-refractivity contribution in [1.82, 2.24) is 20.0 Å². The van der Waals surface area contributed by atoms with E-state index in [1.54, 1.807) is 30.6 Å².